The molecule has 0 aliphatic carbocycles. The lowest BCUT2D eigenvalue weighted by Gasteiger charge is -2.37. The molecule has 0 amide bonds. The van der Waals surface area contributed by atoms with Gasteiger partial charge >= 0.3 is 0 Å². The topological polar surface area (TPSA) is 0 Å². The van der Waals surface area contributed by atoms with Gasteiger partial charge in [0.15, 0.2) is 16.1 Å². The van der Waals surface area contributed by atoms with Crippen molar-refractivity contribution in [2.75, 3.05) is 0 Å². The van der Waals surface area contributed by atoms with E-state index in [1.165, 1.54) is 85.3 Å². The van der Waals surface area contributed by atoms with Gasteiger partial charge in [0.2, 0.25) is 0 Å². The van der Waals surface area contributed by atoms with E-state index in [4.69, 9.17) is 0 Å². The van der Waals surface area contributed by atoms with Crippen molar-refractivity contribution in [3.63, 3.8) is 0 Å². The molecule has 0 N–H and O–H groups in total. The fraction of sp³-hybridized carbons (Fsp3) is 0. The molecule has 0 aliphatic heterocycles. The lowest BCUT2D eigenvalue weighted by Crippen LogP contribution is -2.75. The van der Waals surface area contributed by atoms with Crippen LogP contribution in [0.15, 0.2) is 279 Å². The largest absolute Gasteiger partial charge is 0.180 e. The summed E-state index contributed by atoms with van der Waals surface area (Å²) in [6, 6.07) is 105. The van der Waals surface area contributed by atoms with Crippen LogP contribution in [-0.4, -0.2) is 16.1 Å². The molecule has 0 nitrogen and oxygen atoms in total. The summed E-state index contributed by atoms with van der Waals surface area (Å²) >= 11 is 0. The highest BCUT2D eigenvalue weighted by Crippen LogP contribution is 2.43. The van der Waals surface area contributed by atoms with Crippen LogP contribution in [0.25, 0.3) is 43.8 Å². The molecule has 11 aromatic carbocycles. The molecular weight excluding hydrogens is 801 g/mol. The van der Waals surface area contributed by atoms with Gasteiger partial charge in [-0.25, -0.2) is 0 Å². The molecule has 0 aromatic heterocycles. The predicted octanol–water partition coefficient (Wildman–Crippen LogP) is 10.1. The van der Waals surface area contributed by atoms with E-state index in [1.54, 1.807) is 0 Å². The minimum absolute atomic E-state index is 1.25. The van der Waals surface area contributed by atoms with Gasteiger partial charge in [0.25, 0.3) is 0 Å². The first-order chi connectivity index (χ1) is 31.8. The SMILES string of the molecule is c1ccc([Si](c2ccccc2)(c2ccccc2)c2ccccc2-c2c3ccccc3c(-c3ccccc3[Si](c3ccccc3)(c3ccccc3)c3ccccc3)c3ccccc23)cc1. The Morgan fingerprint density at radius 2 is 0.359 bits per heavy atom. The Morgan fingerprint density at radius 3 is 0.594 bits per heavy atom. The highest BCUT2D eigenvalue weighted by Gasteiger charge is 2.45. The molecule has 0 saturated carbocycles. The lowest BCUT2D eigenvalue weighted by atomic mass is 9.86. The summed E-state index contributed by atoms with van der Waals surface area (Å²) in [5.74, 6) is 0. The minimum Gasteiger partial charge on any atom is -0.0623 e. The summed E-state index contributed by atoms with van der Waals surface area (Å²) in [6.07, 6.45) is 0. The van der Waals surface area contributed by atoms with E-state index in [0.29, 0.717) is 0 Å². The van der Waals surface area contributed by atoms with Gasteiger partial charge in [-0.05, 0) is 85.3 Å². The second-order valence-corrected chi connectivity index (χ2v) is 24.2. The van der Waals surface area contributed by atoms with Gasteiger partial charge in [0, 0.05) is 0 Å². The zero-order valence-corrected chi connectivity index (χ0v) is 37.6. The van der Waals surface area contributed by atoms with Crippen LogP contribution in [0.3, 0.4) is 0 Å². The van der Waals surface area contributed by atoms with Crippen LogP contribution in [-0.2, 0) is 0 Å². The Bertz CT molecular complexity index is 2870. The molecule has 0 fully saturated rings. The van der Waals surface area contributed by atoms with Crippen molar-refractivity contribution >= 4 is 79.2 Å². The van der Waals surface area contributed by atoms with Gasteiger partial charge in [0.05, 0.1) is 0 Å². The van der Waals surface area contributed by atoms with Crippen LogP contribution in [0.1, 0.15) is 0 Å². The van der Waals surface area contributed by atoms with Gasteiger partial charge < -0.3 is 0 Å². The Hall–Kier alpha value is -7.63. The fourth-order valence-corrected chi connectivity index (χ4v) is 20.8. The quantitative estimate of drug-likeness (QED) is 0.0731. The second kappa shape index (κ2) is 16.9. The van der Waals surface area contributed by atoms with Crippen molar-refractivity contribution < 1.29 is 0 Å². The number of rotatable bonds is 10. The van der Waals surface area contributed by atoms with Crippen LogP contribution in [0.4, 0.5) is 0 Å². The zero-order chi connectivity index (χ0) is 42.8. The maximum atomic E-state index is 2.43. The van der Waals surface area contributed by atoms with E-state index in [9.17, 15) is 0 Å². The third-order valence-corrected chi connectivity index (χ3v) is 23.1. The minimum atomic E-state index is -2.92. The van der Waals surface area contributed by atoms with E-state index in [2.05, 4.69) is 279 Å². The molecule has 0 spiro atoms. The van der Waals surface area contributed by atoms with Crippen molar-refractivity contribution in [2.45, 2.75) is 0 Å². The molecule has 11 rings (SSSR count). The van der Waals surface area contributed by atoms with Crippen LogP contribution in [0, 0.1) is 0 Å². The van der Waals surface area contributed by atoms with E-state index in [1.807, 2.05) is 0 Å². The third kappa shape index (κ3) is 6.33. The molecule has 0 radical (unpaired) electrons. The van der Waals surface area contributed by atoms with Crippen molar-refractivity contribution in [1.29, 1.82) is 0 Å². The van der Waals surface area contributed by atoms with Crippen LogP contribution in [0.5, 0.6) is 0 Å². The molecule has 2 heteroatoms. The molecule has 0 atom stereocenters. The number of benzene rings is 11. The molecule has 0 bridgehead atoms. The van der Waals surface area contributed by atoms with E-state index < -0.39 is 16.1 Å². The van der Waals surface area contributed by atoms with E-state index >= 15 is 0 Å². The first kappa shape index (κ1) is 39.2. The molecule has 64 heavy (non-hydrogen) atoms. The Labute approximate surface area is 378 Å². The van der Waals surface area contributed by atoms with Crippen molar-refractivity contribution in [1.82, 2.24) is 0 Å². The Balaban J connectivity index is 1.27. The molecule has 0 saturated heterocycles. The maximum absolute atomic E-state index is 2.92. The summed E-state index contributed by atoms with van der Waals surface area (Å²) in [7, 11) is -5.84. The summed E-state index contributed by atoms with van der Waals surface area (Å²) in [5, 5.41) is 16.0. The molecule has 11 aromatic rings. The zero-order valence-electron chi connectivity index (χ0n) is 35.6. The van der Waals surface area contributed by atoms with Crippen LogP contribution < -0.4 is 41.5 Å². The lowest BCUT2D eigenvalue weighted by molar-refractivity contribution is 1.64. The number of fused-ring (bicyclic) bond motifs is 2. The molecule has 0 unspecified atom stereocenters. The number of hydrogen-bond acceptors (Lipinski definition) is 0. The summed E-state index contributed by atoms with van der Waals surface area (Å²) < 4.78 is 0. The van der Waals surface area contributed by atoms with E-state index in [0.717, 1.165) is 0 Å². The van der Waals surface area contributed by atoms with Gasteiger partial charge in [0.1, 0.15) is 0 Å². The van der Waals surface area contributed by atoms with Gasteiger partial charge in [-0.1, -0.05) is 279 Å². The van der Waals surface area contributed by atoms with Crippen LogP contribution in [0.2, 0.25) is 0 Å². The maximum Gasteiger partial charge on any atom is 0.180 e. The van der Waals surface area contributed by atoms with Gasteiger partial charge in [-0.15, -0.1) is 0 Å². The monoisotopic (exact) mass is 846 g/mol. The average Bonchev–Trinajstić information content (AvgIpc) is 3.38. The molecule has 0 aliphatic rings. The van der Waals surface area contributed by atoms with Crippen molar-refractivity contribution in [3.05, 3.63) is 279 Å². The Morgan fingerprint density at radius 1 is 0.172 bits per heavy atom. The fourth-order valence-electron chi connectivity index (χ4n) is 10.8. The average molecular weight is 847 g/mol. The first-order valence-corrected chi connectivity index (χ1v) is 26.3. The molecule has 0 heterocycles. The van der Waals surface area contributed by atoms with Gasteiger partial charge in [-0.2, -0.15) is 0 Å². The number of hydrogen-bond donors (Lipinski definition) is 0. The van der Waals surface area contributed by atoms with Crippen molar-refractivity contribution in [3.8, 4) is 22.3 Å². The highest BCUT2D eigenvalue weighted by atomic mass is 28.3. The smallest absolute Gasteiger partial charge is 0.0623 e. The second-order valence-electron chi connectivity index (χ2n) is 16.6. The third-order valence-electron chi connectivity index (χ3n) is 13.4. The summed E-state index contributed by atoms with van der Waals surface area (Å²) in [5.41, 5.74) is 5.11. The predicted molar refractivity (Wildman–Crippen MR) is 280 cm³/mol. The summed E-state index contributed by atoms with van der Waals surface area (Å²) in [4.78, 5) is 0. The van der Waals surface area contributed by atoms with Crippen molar-refractivity contribution in [2.24, 2.45) is 0 Å². The van der Waals surface area contributed by atoms with E-state index in [-0.39, 0.29) is 0 Å². The molecular formula is C62H46Si2. The standard InChI is InChI=1S/C62H46Si2/c1-7-27-47(28-8-1)63(48-29-9-2-10-30-48,49-31-11-3-12-32-49)59-45-25-23-43-57(59)61-53-39-19-21-41-55(53)62(56-42-22-20-40-54(56)61)58-44-24-26-46-60(58)64(50-33-13-4-14-34-50,51-35-15-5-16-36-51)52-37-17-6-18-38-52/h1-46H. The summed E-state index contributed by atoms with van der Waals surface area (Å²) in [6.45, 7) is 0. The Kier molecular flexibility index (Phi) is 10.4. The molecule has 302 valence electrons. The normalized spacial score (nSPS) is 11.8. The highest BCUT2D eigenvalue weighted by molar-refractivity contribution is 7.21. The first-order valence-electron chi connectivity index (χ1n) is 22.3. The van der Waals surface area contributed by atoms with Gasteiger partial charge in [-0.3, -0.25) is 0 Å². The van der Waals surface area contributed by atoms with Crippen LogP contribution >= 0.6 is 0 Å².